The number of nitrogens with zero attached hydrogens (tertiary/aromatic N) is 1. The molecule has 0 saturated carbocycles. The van der Waals surface area contributed by atoms with E-state index in [1.165, 1.54) is 0 Å². The molecule has 2 amide bonds. The van der Waals surface area contributed by atoms with Crippen LogP contribution in [0.5, 0.6) is 5.75 Å². The van der Waals surface area contributed by atoms with Crippen molar-refractivity contribution >= 4 is 23.2 Å². The molecule has 5 heteroatoms. The molecule has 1 unspecified atom stereocenters. The van der Waals surface area contributed by atoms with Crippen LogP contribution in [0.3, 0.4) is 0 Å². The molecule has 0 spiro atoms. The van der Waals surface area contributed by atoms with Crippen LogP contribution >= 0.6 is 0 Å². The van der Waals surface area contributed by atoms with Crippen molar-refractivity contribution in [3.8, 4) is 5.75 Å². The van der Waals surface area contributed by atoms with Crippen molar-refractivity contribution < 1.29 is 14.3 Å². The summed E-state index contributed by atoms with van der Waals surface area (Å²) in [5.41, 5.74) is 1.43. The van der Waals surface area contributed by atoms with E-state index < -0.39 is 0 Å². The molecule has 1 atom stereocenters. The lowest BCUT2D eigenvalue weighted by atomic mass is 10.0. The van der Waals surface area contributed by atoms with Gasteiger partial charge in [-0.25, -0.2) is 0 Å². The molecule has 23 heavy (non-hydrogen) atoms. The number of allylic oxidation sites excluding steroid dienone is 2. The van der Waals surface area contributed by atoms with Gasteiger partial charge in [0.25, 0.3) is 0 Å². The minimum atomic E-state index is 0.00501. The van der Waals surface area contributed by atoms with Crippen LogP contribution in [0.1, 0.15) is 32.1 Å². The molecule has 0 bridgehead atoms. The van der Waals surface area contributed by atoms with E-state index in [0.717, 1.165) is 24.9 Å². The fourth-order valence-corrected chi connectivity index (χ4v) is 3.20. The largest absolute Gasteiger partial charge is 0.495 e. The summed E-state index contributed by atoms with van der Waals surface area (Å²) in [6.45, 7) is 0.694. The maximum absolute atomic E-state index is 12.2. The van der Waals surface area contributed by atoms with Crippen molar-refractivity contribution in [2.24, 2.45) is 5.92 Å². The first-order valence-corrected chi connectivity index (χ1v) is 8.12. The van der Waals surface area contributed by atoms with Crippen LogP contribution in [0.2, 0.25) is 0 Å². The molecule has 0 aromatic heterocycles. The second-order valence-electron chi connectivity index (χ2n) is 6.05. The van der Waals surface area contributed by atoms with E-state index in [4.69, 9.17) is 4.74 Å². The van der Waals surface area contributed by atoms with Gasteiger partial charge in [-0.15, -0.1) is 0 Å². The van der Waals surface area contributed by atoms with E-state index in [2.05, 4.69) is 17.5 Å². The van der Waals surface area contributed by atoms with Crippen LogP contribution in [0, 0.1) is 5.92 Å². The number of rotatable bonds is 5. The first-order chi connectivity index (χ1) is 11.2. The molecule has 1 fully saturated rings. The van der Waals surface area contributed by atoms with Crippen molar-refractivity contribution in [1.82, 2.24) is 0 Å². The predicted molar refractivity (Wildman–Crippen MR) is 89.7 cm³/mol. The smallest absolute Gasteiger partial charge is 0.227 e. The van der Waals surface area contributed by atoms with Gasteiger partial charge in [0.1, 0.15) is 5.75 Å². The van der Waals surface area contributed by atoms with Crippen molar-refractivity contribution in [2.45, 2.75) is 32.1 Å². The molecule has 2 aliphatic rings. The second kappa shape index (κ2) is 6.86. The topological polar surface area (TPSA) is 58.6 Å². The molecular formula is C18H22N2O3. The molecule has 1 aliphatic carbocycles. The number of amides is 2. The number of hydrogen-bond acceptors (Lipinski definition) is 3. The van der Waals surface area contributed by atoms with E-state index >= 15 is 0 Å². The molecule has 0 radical (unpaired) electrons. The fourth-order valence-electron chi connectivity index (χ4n) is 3.20. The summed E-state index contributed by atoms with van der Waals surface area (Å²) in [5, 5.41) is 2.93. The Morgan fingerprint density at radius 3 is 2.96 bits per heavy atom. The molecule has 1 N–H and O–H groups in total. The van der Waals surface area contributed by atoms with Gasteiger partial charge in [-0.05, 0) is 43.4 Å². The second-order valence-corrected chi connectivity index (χ2v) is 6.05. The molecule has 122 valence electrons. The Hall–Kier alpha value is -2.30. The van der Waals surface area contributed by atoms with Gasteiger partial charge < -0.3 is 15.0 Å². The van der Waals surface area contributed by atoms with Gasteiger partial charge in [0.05, 0.1) is 12.8 Å². The predicted octanol–water partition coefficient (Wildman–Crippen LogP) is 3.12. The lowest BCUT2D eigenvalue weighted by Gasteiger charge is -2.20. The number of ether oxygens (including phenoxy) is 1. The van der Waals surface area contributed by atoms with E-state index in [9.17, 15) is 9.59 Å². The normalized spacial score (nSPS) is 20.1. The summed E-state index contributed by atoms with van der Waals surface area (Å²) in [5.74, 6) is 1.10. The van der Waals surface area contributed by atoms with Gasteiger partial charge in [-0.2, -0.15) is 0 Å². The fraction of sp³-hybridized carbons (Fsp3) is 0.444. The molecular weight excluding hydrogens is 292 g/mol. The van der Waals surface area contributed by atoms with E-state index in [0.29, 0.717) is 36.7 Å². The van der Waals surface area contributed by atoms with Gasteiger partial charge >= 0.3 is 0 Å². The van der Waals surface area contributed by atoms with Gasteiger partial charge in [-0.3, -0.25) is 9.59 Å². The van der Waals surface area contributed by atoms with Crippen molar-refractivity contribution in [1.29, 1.82) is 0 Å². The van der Waals surface area contributed by atoms with Crippen LogP contribution in [-0.2, 0) is 9.59 Å². The molecule has 3 rings (SSSR count). The number of benzene rings is 1. The third-order valence-corrected chi connectivity index (χ3v) is 4.39. The molecule has 1 heterocycles. The summed E-state index contributed by atoms with van der Waals surface area (Å²) in [6.07, 6.45) is 8.26. The van der Waals surface area contributed by atoms with E-state index in [-0.39, 0.29) is 11.8 Å². The minimum Gasteiger partial charge on any atom is -0.495 e. The quantitative estimate of drug-likeness (QED) is 0.850. The van der Waals surface area contributed by atoms with Crippen LogP contribution in [0.4, 0.5) is 11.4 Å². The zero-order valence-electron chi connectivity index (χ0n) is 13.4. The number of carbonyl (C=O) groups excluding carboxylic acids is 2. The molecule has 1 aliphatic heterocycles. The summed E-state index contributed by atoms with van der Waals surface area (Å²) in [6, 6.07) is 5.43. The summed E-state index contributed by atoms with van der Waals surface area (Å²) in [4.78, 5) is 25.9. The molecule has 1 aromatic carbocycles. The summed E-state index contributed by atoms with van der Waals surface area (Å²) in [7, 11) is 1.59. The van der Waals surface area contributed by atoms with Crippen LogP contribution < -0.4 is 15.0 Å². The average molecular weight is 314 g/mol. The highest BCUT2D eigenvalue weighted by Gasteiger charge is 2.25. The number of carbonyl (C=O) groups is 2. The first kappa shape index (κ1) is 15.6. The molecule has 1 aromatic rings. The Labute approximate surface area is 136 Å². The zero-order valence-corrected chi connectivity index (χ0v) is 13.4. The Morgan fingerprint density at radius 2 is 2.30 bits per heavy atom. The maximum atomic E-state index is 12.2. The van der Waals surface area contributed by atoms with Crippen molar-refractivity contribution in [3.05, 3.63) is 30.4 Å². The number of methoxy groups -OCH3 is 1. The van der Waals surface area contributed by atoms with E-state index in [1.807, 2.05) is 12.1 Å². The monoisotopic (exact) mass is 314 g/mol. The Morgan fingerprint density at radius 1 is 1.43 bits per heavy atom. The maximum Gasteiger partial charge on any atom is 0.227 e. The minimum absolute atomic E-state index is 0.00501. The number of nitrogens with one attached hydrogen (secondary N) is 1. The summed E-state index contributed by atoms with van der Waals surface area (Å²) >= 11 is 0. The van der Waals surface area contributed by atoms with Gasteiger partial charge in [0, 0.05) is 25.1 Å². The summed E-state index contributed by atoms with van der Waals surface area (Å²) < 4.78 is 5.36. The number of anilines is 2. The zero-order chi connectivity index (χ0) is 16.2. The molecule has 1 saturated heterocycles. The van der Waals surface area contributed by atoms with Gasteiger partial charge in [0.15, 0.2) is 0 Å². The third kappa shape index (κ3) is 3.55. The molecule has 5 nitrogen and oxygen atoms in total. The third-order valence-electron chi connectivity index (χ3n) is 4.39. The average Bonchev–Trinajstić information content (AvgIpc) is 3.18. The van der Waals surface area contributed by atoms with Crippen LogP contribution in [0.15, 0.2) is 30.4 Å². The lowest BCUT2D eigenvalue weighted by Crippen LogP contribution is -2.24. The van der Waals surface area contributed by atoms with Gasteiger partial charge in [-0.1, -0.05) is 12.2 Å². The van der Waals surface area contributed by atoms with Crippen molar-refractivity contribution in [2.75, 3.05) is 23.9 Å². The van der Waals surface area contributed by atoms with Crippen molar-refractivity contribution in [3.63, 3.8) is 0 Å². The highest BCUT2D eigenvalue weighted by Crippen LogP contribution is 2.34. The highest BCUT2D eigenvalue weighted by atomic mass is 16.5. The van der Waals surface area contributed by atoms with Gasteiger partial charge in [0.2, 0.25) is 11.8 Å². The SMILES string of the molecule is COc1ccc(NC(=O)CC2C=CCC2)cc1N1CCCC1=O. The highest BCUT2D eigenvalue weighted by molar-refractivity contribution is 5.98. The number of hydrogen-bond donors (Lipinski definition) is 1. The van der Waals surface area contributed by atoms with Crippen LogP contribution in [0.25, 0.3) is 0 Å². The first-order valence-electron chi connectivity index (χ1n) is 8.12. The standard InChI is InChI=1S/C18H22N2O3/c1-23-16-9-8-14(12-15(16)20-10-4-7-18(20)22)19-17(21)11-13-5-2-3-6-13/h2,5,8-9,12-13H,3-4,6-7,10-11H2,1H3,(H,19,21). The van der Waals surface area contributed by atoms with Crippen LogP contribution in [-0.4, -0.2) is 25.5 Å². The lowest BCUT2D eigenvalue weighted by molar-refractivity contribution is -0.117. The Balaban J connectivity index is 1.73. The van der Waals surface area contributed by atoms with E-state index in [1.54, 1.807) is 18.1 Å². The Kier molecular flexibility index (Phi) is 4.65. The Bertz CT molecular complexity index is 639.